The molecule has 0 amide bonds. The van der Waals surface area contributed by atoms with Gasteiger partial charge in [-0.05, 0) is 24.8 Å². The highest BCUT2D eigenvalue weighted by molar-refractivity contribution is 5.79. The molecule has 0 bridgehead atoms. The summed E-state index contributed by atoms with van der Waals surface area (Å²) in [6.45, 7) is 8.64. The molecule has 130 valence electrons. The summed E-state index contributed by atoms with van der Waals surface area (Å²) in [5.74, 6) is 1.91. The zero-order valence-electron chi connectivity index (χ0n) is 14.9. The van der Waals surface area contributed by atoms with Crippen LogP contribution in [0.15, 0.2) is 23.3 Å². The number of pyridine rings is 1. The number of guanidine groups is 1. The molecular weight excluding hydrogens is 292 g/mol. The monoisotopic (exact) mass is 322 g/mol. The molecule has 1 atom stereocenters. The Morgan fingerprint density at radius 1 is 1.30 bits per heavy atom. The molecule has 0 saturated carbocycles. The minimum absolute atomic E-state index is 0.274. The normalized spacial score (nSPS) is 13.0. The lowest BCUT2D eigenvalue weighted by molar-refractivity contribution is 0.0258. The smallest absolute Gasteiger partial charge is 0.212 e. The van der Waals surface area contributed by atoms with Gasteiger partial charge >= 0.3 is 0 Å². The van der Waals surface area contributed by atoms with E-state index in [2.05, 4.69) is 34.5 Å². The first-order valence-electron chi connectivity index (χ1n) is 8.15. The van der Waals surface area contributed by atoms with Gasteiger partial charge in [0.25, 0.3) is 0 Å². The van der Waals surface area contributed by atoms with Crippen LogP contribution in [-0.4, -0.2) is 44.4 Å². The van der Waals surface area contributed by atoms with Crippen LogP contribution in [-0.2, 0) is 11.3 Å². The van der Waals surface area contributed by atoms with Crippen LogP contribution >= 0.6 is 0 Å². The third kappa shape index (κ3) is 7.32. The molecule has 0 fully saturated rings. The molecule has 0 aliphatic heterocycles. The highest BCUT2D eigenvalue weighted by atomic mass is 16.5. The molecule has 1 unspecified atom stereocenters. The highest BCUT2D eigenvalue weighted by Gasteiger charge is 2.12. The average Bonchev–Trinajstić information content (AvgIpc) is 2.57. The highest BCUT2D eigenvalue weighted by Crippen LogP contribution is 2.10. The van der Waals surface area contributed by atoms with E-state index in [0.717, 1.165) is 31.1 Å². The maximum absolute atomic E-state index is 5.75. The summed E-state index contributed by atoms with van der Waals surface area (Å²) < 4.78 is 10.8. The average molecular weight is 322 g/mol. The largest absolute Gasteiger partial charge is 0.481 e. The molecule has 0 spiro atoms. The molecular formula is C17H30N4O2. The van der Waals surface area contributed by atoms with Crippen molar-refractivity contribution in [2.24, 2.45) is 10.9 Å². The van der Waals surface area contributed by atoms with Crippen molar-refractivity contribution in [1.29, 1.82) is 0 Å². The van der Waals surface area contributed by atoms with E-state index >= 15 is 0 Å². The van der Waals surface area contributed by atoms with Crippen LogP contribution in [0.5, 0.6) is 5.88 Å². The van der Waals surface area contributed by atoms with Crippen molar-refractivity contribution in [3.05, 3.63) is 23.9 Å². The predicted octanol–water partition coefficient (Wildman–Crippen LogP) is 2.21. The van der Waals surface area contributed by atoms with Gasteiger partial charge in [0.05, 0.1) is 13.2 Å². The number of methoxy groups -OCH3 is 1. The van der Waals surface area contributed by atoms with E-state index in [1.165, 1.54) is 0 Å². The van der Waals surface area contributed by atoms with Gasteiger partial charge < -0.3 is 20.1 Å². The zero-order chi connectivity index (χ0) is 17.1. The standard InChI is InChI=1S/C17H30N4O2/c1-6-23-15(13(2)3)9-10-19-17(18-4)21-12-14-7-8-16(22-5)20-11-14/h7-8,11,13,15H,6,9-10,12H2,1-5H3,(H2,18,19,21). The molecule has 0 saturated heterocycles. The van der Waals surface area contributed by atoms with Crippen molar-refractivity contribution in [1.82, 2.24) is 15.6 Å². The van der Waals surface area contributed by atoms with Gasteiger partial charge in [-0.25, -0.2) is 4.98 Å². The van der Waals surface area contributed by atoms with Gasteiger partial charge in [-0.1, -0.05) is 19.9 Å². The van der Waals surface area contributed by atoms with Gasteiger partial charge in [0, 0.05) is 39.0 Å². The van der Waals surface area contributed by atoms with Crippen LogP contribution in [0.2, 0.25) is 0 Å². The van der Waals surface area contributed by atoms with Crippen molar-refractivity contribution in [3.8, 4) is 5.88 Å². The molecule has 23 heavy (non-hydrogen) atoms. The van der Waals surface area contributed by atoms with Gasteiger partial charge in [-0.15, -0.1) is 0 Å². The Labute approximate surface area is 139 Å². The van der Waals surface area contributed by atoms with Crippen LogP contribution in [0.1, 0.15) is 32.8 Å². The van der Waals surface area contributed by atoms with E-state index in [9.17, 15) is 0 Å². The minimum atomic E-state index is 0.274. The van der Waals surface area contributed by atoms with Crippen molar-refractivity contribution < 1.29 is 9.47 Å². The molecule has 1 aromatic heterocycles. The summed E-state index contributed by atoms with van der Waals surface area (Å²) in [5.41, 5.74) is 1.07. The fourth-order valence-corrected chi connectivity index (χ4v) is 2.20. The maximum Gasteiger partial charge on any atom is 0.212 e. The van der Waals surface area contributed by atoms with Crippen molar-refractivity contribution in [2.75, 3.05) is 27.3 Å². The van der Waals surface area contributed by atoms with Crippen molar-refractivity contribution in [2.45, 2.75) is 39.8 Å². The summed E-state index contributed by atoms with van der Waals surface area (Å²) in [6.07, 6.45) is 3.02. The van der Waals surface area contributed by atoms with Crippen LogP contribution in [0.3, 0.4) is 0 Å². The summed E-state index contributed by atoms with van der Waals surface area (Å²) in [4.78, 5) is 8.42. The zero-order valence-corrected chi connectivity index (χ0v) is 14.9. The van der Waals surface area contributed by atoms with Crippen LogP contribution in [0.4, 0.5) is 0 Å². The molecule has 6 nitrogen and oxygen atoms in total. The van der Waals surface area contributed by atoms with Crippen LogP contribution < -0.4 is 15.4 Å². The van der Waals surface area contributed by atoms with E-state index in [4.69, 9.17) is 9.47 Å². The number of aliphatic imine (C=N–C) groups is 1. The second-order valence-corrected chi connectivity index (χ2v) is 5.59. The Hall–Kier alpha value is -1.82. The lowest BCUT2D eigenvalue weighted by Gasteiger charge is -2.21. The van der Waals surface area contributed by atoms with Crippen LogP contribution in [0.25, 0.3) is 0 Å². The number of aromatic nitrogens is 1. The molecule has 0 aliphatic rings. The molecule has 1 heterocycles. The van der Waals surface area contributed by atoms with Gasteiger partial charge in [0.1, 0.15) is 0 Å². The van der Waals surface area contributed by atoms with Crippen molar-refractivity contribution in [3.63, 3.8) is 0 Å². The predicted molar refractivity (Wildman–Crippen MR) is 93.9 cm³/mol. The Bertz CT molecular complexity index is 460. The molecule has 0 aliphatic carbocycles. The molecule has 2 N–H and O–H groups in total. The summed E-state index contributed by atoms with van der Waals surface area (Å²) in [6, 6.07) is 3.83. The molecule has 0 aromatic carbocycles. The first-order chi connectivity index (χ1) is 11.1. The Balaban J connectivity index is 2.36. The molecule has 1 rings (SSSR count). The lowest BCUT2D eigenvalue weighted by atomic mass is 10.0. The lowest BCUT2D eigenvalue weighted by Crippen LogP contribution is -2.38. The van der Waals surface area contributed by atoms with Crippen LogP contribution in [0, 0.1) is 5.92 Å². The fourth-order valence-electron chi connectivity index (χ4n) is 2.20. The first kappa shape index (κ1) is 19.2. The Kier molecular flexibility index (Phi) is 9.05. The van der Waals surface area contributed by atoms with Gasteiger partial charge in [0.15, 0.2) is 5.96 Å². The minimum Gasteiger partial charge on any atom is -0.481 e. The van der Waals surface area contributed by atoms with E-state index < -0.39 is 0 Å². The number of ether oxygens (including phenoxy) is 2. The third-order valence-corrected chi connectivity index (χ3v) is 3.54. The Morgan fingerprint density at radius 2 is 2.09 bits per heavy atom. The second kappa shape index (κ2) is 10.8. The SMILES string of the molecule is CCOC(CCNC(=NC)NCc1ccc(OC)nc1)C(C)C. The quantitative estimate of drug-likeness (QED) is 0.539. The number of nitrogens with one attached hydrogen (secondary N) is 2. The van der Waals surface area contributed by atoms with Gasteiger partial charge in [0.2, 0.25) is 5.88 Å². The number of nitrogens with zero attached hydrogens (tertiary/aromatic N) is 2. The summed E-state index contributed by atoms with van der Waals surface area (Å²) in [5, 5.41) is 6.60. The summed E-state index contributed by atoms with van der Waals surface area (Å²) in [7, 11) is 3.38. The Morgan fingerprint density at radius 3 is 2.61 bits per heavy atom. The first-order valence-corrected chi connectivity index (χ1v) is 8.15. The van der Waals surface area contributed by atoms with E-state index in [1.54, 1.807) is 20.4 Å². The van der Waals surface area contributed by atoms with E-state index in [-0.39, 0.29) is 6.10 Å². The molecule has 0 radical (unpaired) electrons. The van der Waals surface area contributed by atoms with E-state index in [0.29, 0.717) is 18.3 Å². The molecule has 1 aromatic rings. The second-order valence-electron chi connectivity index (χ2n) is 5.59. The third-order valence-electron chi connectivity index (χ3n) is 3.54. The molecule has 6 heteroatoms. The van der Waals surface area contributed by atoms with Gasteiger partial charge in [-0.3, -0.25) is 4.99 Å². The topological polar surface area (TPSA) is 67.8 Å². The summed E-state index contributed by atoms with van der Waals surface area (Å²) >= 11 is 0. The fraction of sp³-hybridized carbons (Fsp3) is 0.647. The van der Waals surface area contributed by atoms with Gasteiger partial charge in [-0.2, -0.15) is 0 Å². The maximum atomic E-state index is 5.75. The number of rotatable bonds is 9. The van der Waals surface area contributed by atoms with Crippen molar-refractivity contribution >= 4 is 5.96 Å². The van der Waals surface area contributed by atoms with E-state index in [1.807, 2.05) is 19.1 Å². The number of hydrogen-bond acceptors (Lipinski definition) is 4. The number of hydrogen-bond donors (Lipinski definition) is 2.